The van der Waals surface area contributed by atoms with E-state index in [1.165, 1.54) is 32.2 Å². The molecule has 0 saturated heterocycles. The third-order valence-corrected chi connectivity index (χ3v) is 3.87. The van der Waals surface area contributed by atoms with E-state index in [4.69, 9.17) is 9.47 Å². The molecule has 0 saturated carbocycles. The molecule has 0 aliphatic heterocycles. The summed E-state index contributed by atoms with van der Waals surface area (Å²) < 4.78 is 10.1. The van der Waals surface area contributed by atoms with E-state index < -0.39 is 12.1 Å². The van der Waals surface area contributed by atoms with E-state index in [0.717, 1.165) is 11.1 Å². The van der Waals surface area contributed by atoms with Crippen LogP contribution in [0.15, 0.2) is 36.4 Å². The van der Waals surface area contributed by atoms with Crippen LogP contribution in [-0.4, -0.2) is 30.1 Å². The first-order valence-electron chi connectivity index (χ1n) is 7.53. The minimum Gasteiger partial charge on any atom is -0.507 e. The number of phenols is 1. The zero-order chi connectivity index (χ0) is 17.9. The molecule has 0 amide bonds. The lowest BCUT2D eigenvalue weighted by Crippen LogP contribution is -2.24. The van der Waals surface area contributed by atoms with Gasteiger partial charge in [0.15, 0.2) is 6.10 Å². The van der Waals surface area contributed by atoms with E-state index in [1.54, 1.807) is 12.1 Å². The number of esters is 1. The maximum absolute atomic E-state index is 12.4. The highest BCUT2D eigenvalue weighted by Gasteiger charge is 2.22. The van der Waals surface area contributed by atoms with Crippen LogP contribution in [0.25, 0.3) is 0 Å². The fourth-order valence-electron chi connectivity index (χ4n) is 2.22. The van der Waals surface area contributed by atoms with Gasteiger partial charge in [0, 0.05) is 11.6 Å². The Morgan fingerprint density at radius 3 is 2.33 bits per heavy atom. The highest BCUT2D eigenvalue weighted by Crippen LogP contribution is 2.24. The average molecular weight is 328 g/mol. The van der Waals surface area contributed by atoms with E-state index in [1.807, 2.05) is 19.9 Å². The van der Waals surface area contributed by atoms with Crippen LogP contribution in [-0.2, 0) is 4.74 Å². The Morgan fingerprint density at radius 1 is 1.04 bits per heavy atom. The number of hydrogen-bond acceptors (Lipinski definition) is 5. The van der Waals surface area contributed by atoms with Gasteiger partial charge >= 0.3 is 5.97 Å². The summed E-state index contributed by atoms with van der Waals surface area (Å²) in [4.78, 5) is 24.6. The number of hydrogen-bond donors (Lipinski definition) is 1. The Hall–Kier alpha value is -2.82. The highest BCUT2D eigenvalue weighted by molar-refractivity contribution is 6.02. The van der Waals surface area contributed by atoms with Gasteiger partial charge < -0.3 is 14.6 Å². The number of ether oxygens (including phenoxy) is 2. The molecule has 2 aromatic rings. The van der Waals surface area contributed by atoms with Gasteiger partial charge in [-0.15, -0.1) is 0 Å². The van der Waals surface area contributed by atoms with Gasteiger partial charge in [0.25, 0.3) is 0 Å². The lowest BCUT2D eigenvalue weighted by atomic mass is 10.0. The second-order valence-electron chi connectivity index (χ2n) is 5.59. The number of aryl methyl sites for hydroxylation is 2. The third-order valence-electron chi connectivity index (χ3n) is 3.87. The van der Waals surface area contributed by atoms with E-state index in [0.29, 0.717) is 11.3 Å². The molecule has 1 atom stereocenters. The zero-order valence-electron chi connectivity index (χ0n) is 14.1. The molecule has 0 aliphatic rings. The Bertz CT molecular complexity index is 779. The molecule has 0 aromatic heterocycles. The van der Waals surface area contributed by atoms with Crippen LogP contribution in [0.1, 0.15) is 38.8 Å². The molecule has 5 nitrogen and oxygen atoms in total. The van der Waals surface area contributed by atoms with Gasteiger partial charge in [0.05, 0.1) is 7.11 Å². The third kappa shape index (κ3) is 3.74. The minimum absolute atomic E-state index is 0.0180. The van der Waals surface area contributed by atoms with E-state index in [9.17, 15) is 14.7 Å². The number of rotatable bonds is 5. The normalized spacial score (nSPS) is 11.7. The summed E-state index contributed by atoms with van der Waals surface area (Å²) in [6.45, 7) is 5.38. The molecule has 0 unspecified atom stereocenters. The monoisotopic (exact) mass is 328 g/mol. The van der Waals surface area contributed by atoms with Crippen LogP contribution in [0.4, 0.5) is 0 Å². The van der Waals surface area contributed by atoms with Crippen molar-refractivity contribution in [3.63, 3.8) is 0 Å². The number of aromatic hydroxyl groups is 1. The summed E-state index contributed by atoms with van der Waals surface area (Å²) in [6.07, 6.45) is -0.957. The van der Waals surface area contributed by atoms with E-state index in [-0.39, 0.29) is 17.1 Å². The van der Waals surface area contributed by atoms with Crippen LogP contribution < -0.4 is 4.74 Å². The van der Waals surface area contributed by atoms with Crippen molar-refractivity contribution in [3.05, 3.63) is 58.7 Å². The summed E-state index contributed by atoms with van der Waals surface area (Å²) >= 11 is 0. The second-order valence-corrected chi connectivity index (χ2v) is 5.59. The number of Topliss-reactive ketones (excluding diaryl/α,β-unsaturated/α-hetero) is 1. The predicted molar refractivity (Wildman–Crippen MR) is 89.8 cm³/mol. The molecular formula is C19H20O5. The van der Waals surface area contributed by atoms with Gasteiger partial charge in [-0.05, 0) is 50.1 Å². The number of carbonyl (C=O) groups excluding carboxylic acids is 2. The maximum atomic E-state index is 12.4. The number of phenolic OH excluding ortho intramolecular Hbond substituents is 1. The van der Waals surface area contributed by atoms with Gasteiger partial charge in [-0.25, -0.2) is 4.79 Å². The highest BCUT2D eigenvalue weighted by atomic mass is 16.5. The second kappa shape index (κ2) is 7.17. The molecule has 0 bridgehead atoms. The summed E-state index contributed by atoms with van der Waals surface area (Å²) in [5.74, 6) is -0.896. The molecule has 1 N–H and O–H groups in total. The van der Waals surface area contributed by atoms with Gasteiger partial charge in [-0.1, -0.05) is 12.1 Å². The SMILES string of the molecule is COc1ccc(C(=O)O[C@@H](C)C(=O)c2ccc(C)c(C)c2)c(O)c1. The standard InChI is InChI=1S/C19H20O5/c1-11-5-6-14(9-12(11)2)18(21)13(3)24-19(22)16-8-7-15(23-4)10-17(16)20/h5-10,13,20H,1-4H3/t13-/m0/s1. The molecule has 126 valence electrons. The maximum Gasteiger partial charge on any atom is 0.342 e. The number of methoxy groups -OCH3 is 1. The summed E-state index contributed by atoms with van der Waals surface area (Å²) in [5.41, 5.74) is 2.54. The summed E-state index contributed by atoms with van der Waals surface area (Å²) in [6, 6.07) is 9.57. The molecule has 0 radical (unpaired) electrons. The molecule has 0 aliphatic carbocycles. The van der Waals surface area contributed by atoms with Crippen molar-refractivity contribution in [1.29, 1.82) is 0 Å². The minimum atomic E-state index is -0.957. The molecule has 2 rings (SSSR count). The van der Waals surface area contributed by atoms with E-state index in [2.05, 4.69) is 0 Å². The van der Waals surface area contributed by atoms with Crippen molar-refractivity contribution in [2.24, 2.45) is 0 Å². The van der Waals surface area contributed by atoms with Crippen molar-refractivity contribution in [2.45, 2.75) is 26.9 Å². The lowest BCUT2D eigenvalue weighted by molar-refractivity contribution is 0.0316. The molecule has 2 aromatic carbocycles. The van der Waals surface area contributed by atoms with Gasteiger partial charge in [0.2, 0.25) is 5.78 Å². The smallest absolute Gasteiger partial charge is 0.342 e. The number of ketones is 1. The summed E-state index contributed by atoms with van der Waals surface area (Å²) in [7, 11) is 1.46. The largest absolute Gasteiger partial charge is 0.507 e. The van der Waals surface area contributed by atoms with Crippen molar-refractivity contribution in [1.82, 2.24) is 0 Å². The molecule has 0 fully saturated rings. The van der Waals surface area contributed by atoms with E-state index >= 15 is 0 Å². The molecule has 24 heavy (non-hydrogen) atoms. The topological polar surface area (TPSA) is 72.8 Å². The van der Waals surface area contributed by atoms with Gasteiger partial charge in [-0.2, -0.15) is 0 Å². The molecule has 5 heteroatoms. The fourth-order valence-corrected chi connectivity index (χ4v) is 2.22. The Labute approximate surface area is 140 Å². The lowest BCUT2D eigenvalue weighted by Gasteiger charge is -2.14. The van der Waals surface area contributed by atoms with Gasteiger partial charge in [-0.3, -0.25) is 4.79 Å². The quantitative estimate of drug-likeness (QED) is 0.672. The van der Waals surface area contributed by atoms with Crippen molar-refractivity contribution < 1.29 is 24.2 Å². The molecular weight excluding hydrogens is 308 g/mol. The number of carbonyl (C=O) groups is 2. The van der Waals surface area contributed by atoms with Crippen LogP contribution in [0.2, 0.25) is 0 Å². The van der Waals surface area contributed by atoms with Crippen molar-refractivity contribution >= 4 is 11.8 Å². The Balaban J connectivity index is 2.13. The Kier molecular flexibility index (Phi) is 5.24. The van der Waals surface area contributed by atoms with Crippen molar-refractivity contribution in [2.75, 3.05) is 7.11 Å². The molecule has 0 heterocycles. The van der Waals surface area contributed by atoms with Gasteiger partial charge in [0.1, 0.15) is 17.1 Å². The first kappa shape index (κ1) is 17.5. The first-order chi connectivity index (χ1) is 11.3. The number of benzene rings is 2. The Morgan fingerprint density at radius 2 is 1.75 bits per heavy atom. The van der Waals surface area contributed by atoms with Crippen LogP contribution in [0, 0.1) is 13.8 Å². The average Bonchev–Trinajstić information content (AvgIpc) is 2.56. The van der Waals surface area contributed by atoms with Crippen LogP contribution in [0.5, 0.6) is 11.5 Å². The van der Waals surface area contributed by atoms with Crippen molar-refractivity contribution in [3.8, 4) is 11.5 Å². The van der Waals surface area contributed by atoms with Crippen LogP contribution >= 0.6 is 0 Å². The predicted octanol–water partition coefficient (Wildman–Crippen LogP) is 3.45. The summed E-state index contributed by atoms with van der Waals surface area (Å²) in [5, 5.41) is 9.86. The zero-order valence-corrected chi connectivity index (χ0v) is 14.1. The first-order valence-corrected chi connectivity index (χ1v) is 7.53. The van der Waals surface area contributed by atoms with Crippen LogP contribution in [0.3, 0.4) is 0 Å². The molecule has 0 spiro atoms. The fraction of sp³-hybridized carbons (Fsp3) is 0.263.